The SMILES string of the molecule is CN(C)c1ccc(C=CC(=O)N2CC(O)C2)cc1. The van der Waals surface area contributed by atoms with Gasteiger partial charge < -0.3 is 14.9 Å². The Balaban J connectivity index is 1.94. The highest BCUT2D eigenvalue weighted by Gasteiger charge is 2.26. The Morgan fingerprint density at radius 3 is 2.44 bits per heavy atom. The summed E-state index contributed by atoms with van der Waals surface area (Å²) in [7, 11) is 3.98. The first-order valence-electron chi connectivity index (χ1n) is 5.98. The molecule has 0 atom stereocenters. The lowest BCUT2D eigenvalue weighted by Gasteiger charge is -2.34. The minimum absolute atomic E-state index is 0.0445. The Hall–Kier alpha value is -1.81. The van der Waals surface area contributed by atoms with E-state index in [9.17, 15) is 4.79 Å². The van der Waals surface area contributed by atoms with Crippen molar-refractivity contribution in [3.8, 4) is 0 Å². The van der Waals surface area contributed by atoms with E-state index in [4.69, 9.17) is 5.11 Å². The lowest BCUT2D eigenvalue weighted by atomic mass is 10.1. The highest BCUT2D eigenvalue weighted by Crippen LogP contribution is 2.14. The molecule has 2 rings (SSSR count). The number of benzene rings is 1. The number of amides is 1. The molecule has 1 saturated heterocycles. The van der Waals surface area contributed by atoms with Crippen molar-refractivity contribution in [2.24, 2.45) is 0 Å². The number of β-amino-alcohol motifs (C(OH)–C–C–N with tert-alkyl or cyclic N) is 1. The molecule has 0 aromatic heterocycles. The number of hydrogen-bond donors (Lipinski definition) is 1. The van der Waals surface area contributed by atoms with Gasteiger partial charge in [-0.25, -0.2) is 0 Å². The summed E-state index contributed by atoms with van der Waals surface area (Å²) >= 11 is 0. The molecule has 1 aliphatic rings. The van der Waals surface area contributed by atoms with Gasteiger partial charge in [-0.2, -0.15) is 0 Å². The van der Waals surface area contributed by atoms with Crippen molar-refractivity contribution in [1.82, 2.24) is 4.90 Å². The fourth-order valence-corrected chi connectivity index (χ4v) is 1.79. The topological polar surface area (TPSA) is 43.8 Å². The third-order valence-electron chi connectivity index (χ3n) is 3.00. The van der Waals surface area contributed by atoms with Gasteiger partial charge in [-0.1, -0.05) is 12.1 Å². The van der Waals surface area contributed by atoms with Gasteiger partial charge in [-0.15, -0.1) is 0 Å². The van der Waals surface area contributed by atoms with Crippen LogP contribution in [0.15, 0.2) is 30.3 Å². The van der Waals surface area contributed by atoms with Crippen LogP contribution in [-0.2, 0) is 4.79 Å². The summed E-state index contributed by atoms with van der Waals surface area (Å²) in [4.78, 5) is 15.3. The molecule has 1 fully saturated rings. The van der Waals surface area contributed by atoms with Crippen LogP contribution in [0.25, 0.3) is 6.08 Å². The zero-order valence-electron chi connectivity index (χ0n) is 10.7. The third kappa shape index (κ3) is 2.90. The largest absolute Gasteiger partial charge is 0.389 e. The summed E-state index contributed by atoms with van der Waals surface area (Å²) in [6.07, 6.45) is 3.00. The van der Waals surface area contributed by atoms with Gasteiger partial charge in [0.05, 0.1) is 6.10 Å². The average Bonchev–Trinajstić information content (AvgIpc) is 2.32. The zero-order valence-corrected chi connectivity index (χ0v) is 10.7. The van der Waals surface area contributed by atoms with Crippen LogP contribution in [0.3, 0.4) is 0 Å². The van der Waals surface area contributed by atoms with Crippen molar-refractivity contribution in [3.05, 3.63) is 35.9 Å². The number of anilines is 1. The molecule has 0 spiro atoms. The average molecular weight is 246 g/mol. The Morgan fingerprint density at radius 2 is 1.94 bits per heavy atom. The van der Waals surface area contributed by atoms with Crippen LogP contribution in [0.4, 0.5) is 5.69 Å². The molecular formula is C14H18N2O2. The van der Waals surface area contributed by atoms with Gasteiger partial charge in [0.15, 0.2) is 0 Å². The monoisotopic (exact) mass is 246 g/mol. The first kappa shape index (κ1) is 12.6. The smallest absolute Gasteiger partial charge is 0.246 e. The summed E-state index contributed by atoms with van der Waals surface area (Å²) in [5.41, 5.74) is 2.12. The molecule has 1 amide bonds. The van der Waals surface area contributed by atoms with E-state index >= 15 is 0 Å². The second-order valence-corrected chi connectivity index (χ2v) is 4.72. The summed E-state index contributed by atoms with van der Waals surface area (Å²) in [5.74, 6) is -0.0445. The maximum absolute atomic E-state index is 11.6. The van der Waals surface area contributed by atoms with Crippen LogP contribution in [0.2, 0.25) is 0 Å². The predicted molar refractivity (Wildman–Crippen MR) is 72.4 cm³/mol. The van der Waals surface area contributed by atoms with E-state index in [0.29, 0.717) is 13.1 Å². The van der Waals surface area contributed by atoms with E-state index in [0.717, 1.165) is 11.3 Å². The summed E-state index contributed by atoms with van der Waals surface area (Å²) < 4.78 is 0. The van der Waals surface area contributed by atoms with E-state index in [1.165, 1.54) is 0 Å². The second kappa shape index (κ2) is 5.23. The van der Waals surface area contributed by atoms with E-state index in [-0.39, 0.29) is 12.0 Å². The van der Waals surface area contributed by atoms with Crippen LogP contribution in [0, 0.1) is 0 Å². The van der Waals surface area contributed by atoms with Gasteiger partial charge >= 0.3 is 0 Å². The number of rotatable bonds is 3. The number of hydrogen-bond acceptors (Lipinski definition) is 3. The number of aliphatic hydroxyl groups excluding tert-OH is 1. The van der Waals surface area contributed by atoms with Crippen LogP contribution >= 0.6 is 0 Å². The van der Waals surface area contributed by atoms with Gasteiger partial charge in [-0.05, 0) is 23.8 Å². The fraction of sp³-hybridized carbons (Fsp3) is 0.357. The Morgan fingerprint density at radius 1 is 1.33 bits per heavy atom. The van der Waals surface area contributed by atoms with Gasteiger partial charge in [-0.3, -0.25) is 4.79 Å². The second-order valence-electron chi connectivity index (χ2n) is 4.72. The number of likely N-dealkylation sites (tertiary alicyclic amines) is 1. The normalized spacial score (nSPS) is 15.8. The number of carbonyl (C=O) groups excluding carboxylic acids is 1. The lowest BCUT2D eigenvalue weighted by molar-refractivity contribution is -0.135. The maximum Gasteiger partial charge on any atom is 0.246 e. The molecule has 0 bridgehead atoms. The quantitative estimate of drug-likeness (QED) is 0.808. The van der Waals surface area contributed by atoms with Gasteiger partial charge in [0, 0.05) is 38.9 Å². The zero-order chi connectivity index (χ0) is 13.1. The molecule has 96 valence electrons. The van der Waals surface area contributed by atoms with E-state index in [1.54, 1.807) is 17.1 Å². The first-order chi connectivity index (χ1) is 8.56. The third-order valence-corrected chi connectivity index (χ3v) is 3.00. The molecule has 1 N–H and O–H groups in total. The molecule has 1 aliphatic heterocycles. The van der Waals surface area contributed by atoms with Gasteiger partial charge in [0.25, 0.3) is 0 Å². The highest BCUT2D eigenvalue weighted by molar-refractivity contribution is 5.92. The van der Waals surface area contributed by atoms with Crippen molar-refractivity contribution in [2.75, 3.05) is 32.1 Å². The van der Waals surface area contributed by atoms with Gasteiger partial charge in [0.1, 0.15) is 0 Å². The molecular weight excluding hydrogens is 228 g/mol. The molecule has 4 heteroatoms. The van der Waals surface area contributed by atoms with Crippen molar-refractivity contribution < 1.29 is 9.90 Å². The Labute approximate surface area is 107 Å². The molecule has 0 saturated carbocycles. The van der Waals surface area contributed by atoms with E-state index in [1.807, 2.05) is 43.3 Å². The Kier molecular flexibility index (Phi) is 3.67. The molecule has 4 nitrogen and oxygen atoms in total. The standard InChI is InChI=1S/C14H18N2O2/c1-15(2)12-6-3-11(4-7-12)5-8-14(18)16-9-13(17)10-16/h3-8,13,17H,9-10H2,1-2H3. The summed E-state index contributed by atoms with van der Waals surface area (Å²) in [6, 6.07) is 7.98. The van der Waals surface area contributed by atoms with Crippen molar-refractivity contribution in [1.29, 1.82) is 0 Å². The van der Waals surface area contributed by atoms with E-state index in [2.05, 4.69) is 0 Å². The maximum atomic E-state index is 11.6. The number of nitrogens with zero attached hydrogens (tertiary/aromatic N) is 2. The predicted octanol–water partition coefficient (Wildman–Crippen LogP) is 0.969. The van der Waals surface area contributed by atoms with Crippen molar-refractivity contribution in [2.45, 2.75) is 6.10 Å². The number of carbonyl (C=O) groups is 1. The minimum Gasteiger partial charge on any atom is -0.389 e. The molecule has 1 aromatic rings. The number of aliphatic hydroxyl groups is 1. The van der Waals surface area contributed by atoms with Crippen molar-refractivity contribution >= 4 is 17.7 Å². The minimum atomic E-state index is -0.346. The highest BCUT2D eigenvalue weighted by atomic mass is 16.3. The van der Waals surface area contributed by atoms with E-state index < -0.39 is 0 Å². The van der Waals surface area contributed by atoms with Crippen LogP contribution in [0.5, 0.6) is 0 Å². The molecule has 18 heavy (non-hydrogen) atoms. The fourth-order valence-electron chi connectivity index (χ4n) is 1.79. The van der Waals surface area contributed by atoms with Gasteiger partial charge in [0.2, 0.25) is 5.91 Å². The summed E-state index contributed by atoms with van der Waals surface area (Å²) in [6.45, 7) is 0.894. The first-order valence-corrected chi connectivity index (χ1v) is 5.98. The molecule has 1 heterocycles. The Bertz CT molecular complexity index is 445. The van der Waals surface area contributed by atoms with Crippen molar-refractivity contribution in [3.63, 3.8) is 0 Å². The molecule has 1 aromatic carbocycles. The van der Waals surface area contributed by atoms with Crippen LogP contribution < -0.4 is 4.90 Å². The molecule has 0 aliphatic carbocycles. The summed E-state index contributed by atoms with van der Waals surface area (Å²) in [5, 5.41) is 9.11. The van der Waals surface area contributed by atoms with Crippen LogP contribution in [0.1, 0.15) is 5.56 Å². The van der Waals surface area contributed by atoms with Crippen LogP contribution in [-0.4, -0.2) is 49.2 Å². The molecule has 0 radical (unpaired) electrons. The molecule has 0 unspecified atom stereocenters. The lowest BCUT2D eigenvalue weighted by Crippen LogP contribution is -2.52.